The Bertz CT molecular complexity index is 1400. The third-order valence-corrected chi connectivity index (χ3v) is 5.34. The number of aromatic carboxylic acids is 1. The highest BCUT2D eigenvalue weighted by molar-refractivity contribution is 6.34. The third-order valence-electron chi connectivity index (χ3n) is 4.75. The molecular formula is C24H14Cl2O7. The molecule has 0 amide bonds. The van der Waals surface area contributed by atoms with Gasteiger partial charge in [0.2, 0.25) is 0 Å². The molecule has 0 atom stereocenters. The quantitative estimate of drug-likeness (QED) is 0.172. The number of rotatable bonds is 4. The van der Waals surface area contributed by atoms with Crippen LogP contribution in [0.15, 0.2) is 52.9 Å². The Morgan fingerprint density at radius 1 is 0.818 bits per heavy atom. The van der Waals surface area contributed by atoms with E-state index in [0.29, 0.717) is 21.9 Å². The Kier molecular flexibility index (Phi) is 5.93. The summed E-state index contributed by atoms with van der Waals surface area (Å²) in [6.07, 6.45) is 0. The molecule has 7 nitrogen and oxygen atoms in total. The lowest BCUT2D eigenvalue weighted by Gasteiger charge is -2.13. The van der Waals surface area contributed by atoms with E-state index in [2.05, 4.69) is 0 Å². The molecule has 4 aromatic rings. The van der Waals surface area contributed by atoms with Gasteiger partial charge in [-0.2, -0.15) is 0 Å². The normalized spacial score (nSPS) is 10.9. The molecule has 9 heteroatoms. The zero-order valence-corrected chi connectivity index (χ0v) is 18.7. The molecule has 0 saturated carbocycles. The van der Waals surface area contributed by atoms with E-state index in [1.165, 1.54) is 44.2 Å². The zero-order chi connectivity index (χ0) is 23.9. The van der Waals surface area contributed by atoms with Gasteiger partial charge in [-0.25, -0.2) is 4.42 Å². The summed E-state index contributed by atoms with van der Waals surface area (Å²) < 4.78 is 16.3. The predicted molar refractivity (Wildman–Crippen MR) is 121 cm³/mol. The molecule has 0 aliphatic carbocycles. The molecule has 0 aliphatic heterocycles. The predicted octanol–water partition coefficient (Wildman–Crippen LogP) is 5.06. The van der Waals surface area contributed by atoms with Crippen LogP contribution in [0, 0.1) is 0 Å². The standard InChI is InChI=1S/C24H14Cl2O7/c1-11(27)31-21-9-19-15(7-17(21)25)23(13-5-3-4-6-14(13)24(29)30)16-8-18(26)22(32-12(2)28)10-20(16)33-19/h3-10H,1-2H3. The SMILES string of the molecule is CC(=O)Oc1cc2[o+]c3cc(OC(C)=O)c(Cl)cc3c(-c3ccccc3C(=O)[O-])c2cc1Cl. The van der Waals surface area contributed by atoms with Crippen molar-refractivity contribution >= 4 is 63.0 Å². The van der Waals surface area contributed by atoms with E-state index in [4.69, 9.17) is 37.1 Å². The minimum atomic E-state index is -1.38. The molecule has 0 aliphatic rings. The number of halogens is 2. The van der Waals surface area contributed by atoms with E-state index in [1.807, 2.05) is 0 Å². The topological polar surface area (TPSA) is 104 Å². The Morgan fingerprint density at radius 3 is 1.76 bits per heavy atom. The lowest BCUT2D eigenvalue weighted by molar-refractivity contribution is -0.254. The van der Waals surface area contributed by atoms with E-state index in [9.17, 15) is 19.5 Å². The molecule has 0 bridgehead atoms. The molecule has 1 aromatic heterocycles. The van der Waals surface area contributed by atoms with E-state index in [1.54, 1.807) is 18.2 Å². The summed E-state index contributed by atoms with van der Waals surface area (Å²) in [4.78, 5) is 34.8. The van der Waals surface area contributed by atoms with Crippen molar-refractivity contribution in [3.8, 4) is 22.6 Å². The maximum atomic E-state index is 11.9. The number of fused-ring (bicyclic) bond motifs is 2. The summed E-state index contributed by atoms with van der Waals surface area (Å²) in [6, 6.07) is 12.1. The molecule has 0 N–H and O–H groups in total. The highest BCUT2D eigenvalue weighted by Gasteiger charge is 2.26. The fraction of sp³-hybridized carbons (Fsp3) is 0.0833. The maximum absolute atomic E-state index is 11.9. The van der Waals surface area contributed by atoms with Gasteiger partial charge in [0.1, 0.15) is 0 Å². The van der Waals surface area contributed by atoms with Crippen molar-refractivity contribution in [1.82, 2.24) is 0 Å². The van der Waals surface area contributed by atoms with Gasteiger partial charge in [-0.3, -0.25) is 9.59 Å². The zero-order valence-electron chi connectivity index (χ0n) is 17.2. The number of hydrogen-bond acceptors (Lipinski definition) is 6. The van der Waals surface area contributed by atoms with Gasteiger partial charge in [-0.05, 0) is 17.7 Å². The van der Waals surface area contributed by atoms with Crippen molar-refractivity contribution in [2.24, 2.45) is 0 Å². The third kappa shape index (κ3) is 4.33. The summed E-state index contributed by atoms with van der Waals surface area (Å²) in [5.74, 6) is -2.41. The van der Waals surface area contributed by atoms with Crippen LogP contribution < -0.4 is 14.6 Å². The van der Waals surface area contributed by atoms with Crippen LogP contribution in [0.5, 0.6) is 11.5 Å². The summed E-state index contributed by atoms with van der Waals surface area (Å²) in [5.41, 5.74) is 1.19. The molecule has 0 radical (unpaired) electrons. The van der Waals surface area contributed by atoms with Crippen molar-refractivity contribution in [1.29, 1.82) is 0 Å². The highest BCUT2D eigenvalue weighted by Crippen LogP contribution is 2.43. The van der Waals surface area contributed by atoms with Crippen LogP contribution in [-0.2, 0) is 9.59 Å². The number of carbonyl (C=O) groups is 3. The molecule has 1 heterocycles. The van der Waals surface area contributed by atoms with Gasteiger partial charge < -0.3 is 19.4 Å². The fourth-order valence-electron chi connectivity index (χ4n) is 3.53. The average molecular weight is 485 g/mol. The average Bonchev–Trinajstić information content (AvgIpc) is 2.73. The molecule has 0 unspecified atom stereocenters. The lowest BCUT2D eigenvalue weighted by atomic mass is 9.93. The molecular weight excluding hydrogens is 471 g/mol. The van der Waals surface area contributed by atoms with Gasteiger partial charge >= 0.3 is 23.1 Å². The van der Waals surface area contributed by atoms with Crippen LogP contribution in [0.1, 0.15) is 24.2 Å². The number of esters is 2. The van der Waals surface area contributed by atoms with Gasteiger partial charge in [0.15, 0.2) is 11.5 Å². The Hall–Kier alpha value is -3.68. The van der Waals surface area contributed by atoms with Crippen LogP contribution in [-0.4, -0.2) is 17.9 Å². The van der Waals surface area contributed by atoms with Gasteiger partial charge in [-0.1, -0.05) is 47.5 Å². The smallest absolute Gasteiger partial charge is 0.365 e. The molecule has 0 saturated heterocycles. The number of benzene rings is 3. The van der Waals surface area contributed by atoms with Gasteiger partial charge in [0, 0.05) is 25.0 Å². The van der Waals surface area contributed by atoms with E-state index in [-0.39, 0.29) is 38.3 Å². The number of ether oxygens (including phenoxy) is 2. The maximum Gasteiger partial charge on any atom is 0.365 e. The second-order valence-corrected chi connectivity index (χ2v) is 7.87. The molecule has 166 valence electrons. The first-order valence-corrected chi connectivity index (χ1v) is 10.3. The van der Waals surface area contributed by atoms with Crippen molar-refractivity contribution in [2.75, 3.05) is 0 Å². The van der Waals surface area contributed by atoms with Crippen molar-refractivity contribution < 1.29 is 33.4 Å². The Labute approximate surface area is 197 Å². The fourth-order valence-corrected chi connectivity index (χ4v) is 3.93. The minimum Gasteiger partial charge on any atom is -0.545 e. The first-order chi connectivity index (χ1) is 15.7. The first-order valence-electron chi connectivity index (χ1n) is 9.56. The summed E-state index contributed by atoms with van der Waals surface area (Å²) in [7, 11) is 0. The van der Waals surface area contributed by atoms with Gasteiger partial charge in [-0.15, -0.1) is 0 Å². The number of carboxylic acids is 1. The second-order valence-electron chi connectivity index (χ2n) is 7.05. The van der Waals surface area contributed by atoms with Crippen molar-refractivity contribution in [3.05, 3.63) is 64.1 Å². The largest absolute Gasteiger partial charge is 0.545 e. The number of carbonyl (C=O) groups excluding carboxylic acids is 3. The van der Waals surface area contributed by atoms with Crippen LogP contribution in [0.2, 0.25) is 10.0 Å². The molecule has 33 heavy (non-hydrogen) atoms. The highest BCUT2D eigenvalue weighted by atomic mass is 35.5. The van der Waals surface area contributed by atoms with Crippen molar-refractivity contribution in [2.45, 2.75) is 13.8 Å². The Balaban J connectivity index is 2.16. The van der Waals surface area contributed by atoms with E-state index >= 15 is 0 Å². The number of hydrogen-bond donors (Lipinski definition) is 0. The van der Waals surface area contributed by atoms with E-state index < -0.39 is 17.9 Å². The van der Waals surface area contributed by atoms with Gasteiger partial charge in [0.25, 0.3) is 0 Å². The lowest BCUT2D eigenvalue weighted by Crippen LogP contribution is -2.23. The first kappa shape index (κ1) is 22.5. The molecule has 4 rings (SSSR count). The van der Waals surface area contributed by atoms with Crippen LogP contribution in [0.25, 0.3) is 33.1 Å². The van der Waals surface area contributed by atoms with Crippen LogP contribution in [0.3, 0.4) is 0 Å². The van der Waals surface area contributed by atoms with Crippen LogP contribution in [0.4, 0.5) is 0 Å². The van der Waals surface area contributed by atoms with Gasteiger partial charge in [0.05, 0.1) is 38.9 Å². The molecule has 0 fully saturated rings. The second kappa shape index (κ2) is 8.69. The summed E-state index contributed by atoms with van der Waals surface area (Å²) >= 11 is 12.7. The minimum absolute atomic E-state index is 0.0630. The van der Waals surface area contributed by atoms with E-state index in [0.717, 1.165) is 0 Å². The monoisotopic (exact) mass is 484 g/mol. The molecule has 3 aromatic carbocycles. The summed E-state index contributed by atoms with van der Waals surface area (Å²) in [5, 5.41) is 13.0. The molecule has 0 spiro atoms. The van der Waals surface area contributed by atoms with Crippen LogP contribution >= 0.6 is 23.2 Å². The number of carboxylic acid groups (broad SMARTS) is 1. The Morgan fingerprint density at radius 2 is 1.30 bits per heavy atom. The summed E-state index contributed by atoms with van der Waals surface area (Å²) in [6.45, 7) is 2.46. The van der Waals surface area contributed by atoms with Crippen molar-refractivity contribution in [3.63, 3.8) is 0 Å².